The molecule has 3 N–H and O–H groups in total. The Morgan fingerprint density at radius 3 is 2.71 bits per heavy atom. The fourth-order valence-electron chi connectivity index (χ4n) is 5.58. The summed E-state index contributed by atoms with van der Waals surface area (Å²) in [5.41, 5.74) is 2.27. The van der Waals surface area contributed by atoms with E-state index in [2.05, 4.69) is 31.7 Å². The average Bonchev–Trinajstić information content (AvgIpc) is 3.64. The minimum Gasteiger partial charge on any atom is -0.396 e. The first-order valence-corrected chi connectivity index (χ1v) is 14.0. The average molecular weight is 561 g/mol. The second-order valence-electron chi connectivity index (χ2n) is 10.8. The molecule has 9 nitrogen and oxygen atoms in total. The molecule has 1 unspecified atom stereocenters. The number of anilines is 2. The van der Waals surface area contributed by atoms with E-state index in [9.17, 15) is 15.0 Å². The fraction of sp³-hybridized carbons (Fsp3) is 0.387. The zero-order chi connectivity index (χ0) is 28.9. The number of nitrogens with one attached hydrogen (secondary N) is 1. The molecule has 1 saturated heterocycles. The van der Waals surface area contributed by atoms with Gasteiger partial charge in [0.25, 0.3) is 5.91 Å². The minimum absolute atomic E-state index is 0.0534. The van der Waals surface area contributed by atoms with Crippen molar-refractivity contribution in [3.8, 4) is 0 Å². The highest BCUT2D eigenvalue weighted by Crippen LogP contribution is 2.31. The molecule has 216 valence electrons. The number of aliphatic hydroxyl groups excluding tert-OH is 2. The molecule has 1 amide bonds. The lowest BCUT2D eigenvalue weighted by molar-refractivity contribution is 0.0915. The minimum atomic E-state index is -0.576. The molecule has 0 spiro atoms. The maximum Gasteiger partial charge on any atom is 0.251 e. The van der Waals surface area contributed by atoms with E-state index in [4.69, 9.17) is 0 Å². The molecule has 4 aromatic rings. The SMILES string of the molecule is CC(CCO)Cn1ccc2c(N3CC[C@@H](N(C)c4ccc(C(=O)N[C@@H](CO)c5ccccc5)cc4F)C3)ncnc21. The largest absolute Gasteiger partial charge is 0.396 e. The Bertz CT molecular complexity index is 1480. The van der Waals surface area contributed by atoms with Crippen molar-refractivity contribution in [2.24, 2.45) is 5.92 Å². The Hall–Kier alpha value is -4.02. The summed E-state index contributed by atoms with van der Waals surface area (Å²) in [6.07, 6.45) is 5.17. The van der Waals surface area contributed by atoms with Gasteiger partial charge in [0.15, 0.2) is 0 Å². The number of likely N-dealkylation sites (N-methyl/N-ethyl adjacent to an activating group) is 1. The van der Waals surface area contributed by atoms with Gasteiger partial charge in [-0.15, -0.1) is 0 Å². The van der Waals surface area contributed by atoms with Gasteiger partial charge in [-0.2, -0.15) is 0 Å². The summed E-state index contributed by atoms with van der Waals surface area (Å²) in [6, 6.07) is 15.2. The van der Waals surface area contributed by atoms with Crippen LogP contribution in [0.2, 0.25) is 0 Å². The molecular weight excluding hydrogens is 523 g/mol. The number of benzene rings is 2. The van der Waals surface area contributed by atoms with Crippen molar-refractivity contribution in [3.63, 3.8) is 0 Å². The van der Waals surface area contributed by atoms with Crippen LogP contribution in [0.5, 0.6) is 0 Å². The number of rotatable bonds is 11. The summed E-state index contributed by atoms with van der Waals surface area (Å²) in [5.74, 6) is 0.269. The van der Waals surface area contributed by atoms with Gasteiger partial charge in [0.05, 0.1) is 23.7 Å². The Balaban J connectivity index is 1.26. The van der Waals surface area contributed by atoms with Gasteiger partial charge in [0.1, 0.15) is 23.6 Å². The summed E-state index contributed by atoms with van der Waals surface area (Å²) < 4.78 is 17.4. The summed E-state index contributed by atoms with van der Waals surface area (Å²) in [4.78, 5) is 26.1. The van der Waals surface area contributed by atoms with Gasteiger partial charge < -0.3 is 29.9 Å². The summed E-state index contributed by atoms with van der Waals surface area (Å²) in [6.45, 7) is 4.23. The van der Waals surface area contributed by atoms with Gasteiger partial charge in [-0.25, -0.2) is 14.4 Å². The molecule has 10 heteroatoms. The van der Waals surface area contributed by atoms with Crippen LogP contribution in [0.1, 0.15) is 41.7 Å². The summed E-state index contributed by atoms with van der Waals surface area (Å²) in [5, 5.41) is 22.8. The number of carbonyl (C=O) groups excluding carboxylic acids is 1. The van der Waals surface area contributed by atoms with Crippen LogP contribution in [0.3, 0.4) is 0 Å². The van der Waals surface area contributed by atoms with Crippen LogP contribution < -0.4 is 15.1 Å². The van der Waals surface area contributed by atoms with Crippen molar-refractivity contribution in [3.05, 3.63) is 84.1 Å². The third-order valence-electron chi connectivity index (χ3n) is 7.96. The van der Waals surface area contributed by atoms with E-state index in [0.29, 0.717) is 18.2 Å². The smallest absolute Gasteiger partial charge is 0.251 e. The van der Waals surface area contributed by atoms with Gasteiger partial charge in [-0.3, -0.25) is 4.79 Å². The van der Waals surface area contributed by atoms with Crippen molar-refractivity contribution in [2.45, 2.75) is 38.4 Å². The molecule has 1 aliphatic heterocycles. The molecule has 1 fully saturated rings. The number of hydrogen-bond acceptors (Lipinski definition) is 7. The number of aliphatic hydroxyl groups is 2. The predicted molar refractivity (Wildman–Crippen MR) is 158 cm³/mol. The topological polar surface area (TPSA) is 107 Å². The second-order valence-corrected chi connectivity index (χ2v) is 10.8. The number of halogens is 1. The predicted octanol–water partition coefficient (Wildman–Crippen LogP) is 3.77. The first kappa shape index (κ1) is 28.5. The Labute approximate surface area is 239 Å². The monoisotopic (exact) mass is 560 g/mol. The standard InChI is InChI=1S/C31H37FN6O3/c1-21(12-15-39)17-37-14-11-25-29(37)33-20-34-30(25)38-13-10-24(18-38)36(2)28-9-8-23(16-26(28)32)31(41)35-27(19-40)22-6-4-3-5-7-22/h3-9,11,14,16,20-21,24,27,39-40H,10,12-13,15,17-19H2,1-2H3,(H,35,41)/t21?,24-,27+/m1/s1. The second kappa shape index (κ2) is 12.7. The first-order chi connectivity index (χ1) is 19.9. The van der Waals surface area contributed by atoms with Crippen LogP contribution in [-0.2, 0) is 6.54 Å². The lowest BCUT2D eigenvalue weighted by atomic mass is 10.1. The highest BCUT2D eigenvalue weighted by molar-refractivity contribution is 5.95. The van der Waals surface area contributed by atoms with E-state index in [1.807, 2.05) is 54.5 Å². The van der Waals surface area contributed by atoms with E-state index >= 15 is 4.39 Å². The van der Waals surface area contributed by atoms with Crippen LogP contribution in [0.15, 0.2) is 67.1 Å². The highest BCUT2D eigenvalue weighted by atomic mass is 19.1. The molecule has 41 heavy (non-hydrogen) atoms. The molecule has 1 aliphatic rings. The van der Waals surface area contributed by atoms with Crippen LogP contribution >= 0.6 is 0 Å². The van der Waals surface area contributed by atoms with Gasteiger partial charge in [0.2, 0.25) is 0 Å². The van der Waals surface area contributed by atoms with E-state index in [-0.39, 0.29) is 24.8 Å². The Kier molecular flexibility index (Phi) is 8.80. The quantitative estimate of drug-likeness (QED) is 0.256. The summed E-state index contributed by atoms with van der Waals surface area (Å²) in [7, 11) is 1.87. The third kappa shape index (κ3) is 6.18. The lowest BCUT2D eigenvalue weighted by Gasteiger charge is -2.28. The summed E-state index contributed by atoms with van der Waals surface area (Å²) >= 11 is 0. The number of amides is 1. The van der Waals surface area contributed by atoms with Crippen LogP contribution in [0.25, 0.3) is 11.0 Å². The first-order valence-electron chi connectivity index (χ1n) is 14.0. The number of nitrogens with zero attached hydrogens (tertiary/aromatic N) is 5. The Morgan fingerprint density at radius 2 is 1.98 bits per heavy atom. The third-order valence-corrected chi connectivity index (χ3v) is 7.96. The van der Waals surface area contributed by atoms with Crippen molar-refractivity contribution < 1.29 is 19.4 Å². The maximum absolute atomic E-state index is 15.3. The van der Waals surface area contributed by atoms with Gasteiger partial charge >= 0.3 is 0 Å². The maximum atomic E-state index is 15.3. The molecule has 0 saturated carbocycles. The zero-order valence-electron chi connectivity index (χ0n) is 23.4. The molecule has 2 aromatic heterocycles. The molecule has 0 bridgehead atoms. The van der Waals surface area contributed by atoms with Gasteiger partial charge in [-0.05, 0) is 48.6 Å². The highest BCUT2D eigenvalue weighted by Gasteiger charge is 2.30. The molecule has 0 aliphatic carbocycles. The molecule has 0 radical (unpaired) electrons. The number of aromatic nitrogens is 3. The lowest BCUT2D eigenvalue weighted by Crippen LogP contribution is -2.35. The molecule has 5 rings (SSSR count). The fourth-order valence-corrected chi connectivity index (χ4v) is 5.58. The van der Waals surface area contributed by atoms with Crippen LogP contribution in [0, 0.1) is 11.7 Å². The van der Waals surface area contributed by atoms with Crippen LogP contribution in [0.4, 0.5) is 15.9 Å². The van der Waals surface area contributed by atoms with E-state index < -0.39 is 17.8 Å². The Morgan fingerprint density at radius 1 is 1.17 bits per heavy atom. The van der Waals surface area contributed by atoms with Gasteiger partial charge in [-0.1, -0.05) is 37.3 Å². The van der Waals surface area contributed by atoms with E-state index in [0.717, 1.165) is 48.3 Å². The van der Waals surface area contributed by atoms with Crippen molar-refractivity contribution in [2.75, 3.05) is 43.2 Å². The number of fused-ring (bicyclic) bond motifs is 1. The van der Waals surface area contributed by atoms with E-state index in [1.54, 1.807) is 18.5 Å². The zero-order valence-corrected chi connectivity index (χ0v) is 23.4. The number of hydrogen-bond donors (Lipinski definition) is 3. The molecule has 3 heterocycles. The molecule has 2 aromatic carbocycles. The van der Waals surface area contributed by atoms with Crippen molar-refractivity contribution in [1.82, 2.24) is 19.9 Å². The molecular formula is C31H37FN6O3. The van der Waals surface area contributed by atoms with Crippen molar-refractivity contribution >= 4 is 28.4 Å². The van der Waals surface area contributed by atoms with E-state index in [1.165, 1.54) is 6.07 Å². The van der Waals surface area contributed by atoms with Crippen LogP contribution in [-0.4, -0.2) is 70.0 Å². The molecule has 3 atom stereocenters. The normalized spacial score (nSPS) is 16.6. The van der Waals surface area contributed by atoms with Crippen molar-refractivity contribution in [1.29, 1.82) is 0 Å². The number of carbonyl (C=O) groups is 1. The van der Waals surface area contributed by atoms with Gasteiger partial charge in [0, 0.05) is 51.1 Å².